The number of rotatable bonds is 3. The van der Waals surface area contributed by atoms with Crippen LogP contribution in [0.3, 0.4) is 0 Å². The number of carbonyl (C=O) groups is 2. The number of thiocarbonyl (C=S) groups is 1. The van der Waals surface area contributed by atoms with Gasteiger partial charge in [-0.15, -0.1) is 0 Å². The molecule has 7 heteroatoms. The number of nitrogens with zero attached hydrogens (tertiary/aromatic N) is 1. The summed E-state index contributed by atoms with van der Waals surface area (Å²) in [5.41, 5.74) is 0. The topological polar surface area (TPSA) is 73.5 Å². The molecule has 2 saturated heterocycles. The van der Waals surface area contributed by atoms with E-state index < -0.39 is 0 Å². The minimum Gasteiger partial charge on any atom is -0.360 e. The Kier molecular flexibility index (Phi) is 7.76. The number of carbonyl (C=O) groups excluding carboxylic acids is 2. The van der Waals surface area contributed by atoms with Gasteiger partial charge in [0.15, 0.2) is 5.11 Å². The van der Waals surface area contributed by atoms with Crippen molar-refractivity contribution in [2.45, 2.75) is 96.2 Å². The van der Waals surface area contributed by atoms with Crippen molar-refractivity contribution >= 4 is 29.1 Å². The van der Waals surface area contributed by atoms with Gasteiger partial charge in [0, 0.05) is 43.6 Å². The third kappa shape index (κ3) is 5.30. The van der Waals surface area contributed by atoms with Crippen molar-refractivity contribution in [3.63, 3.8) is 0 Å². The molecule has 2 aliphatic heterocycles. The highest BCUT2D eigenvalue weighted by atomic mass is 32.1. The van der Waals surface area contributed by atoms with Crippen LogP contribution in [0.1, 0.15) is 78.1 Å². The van der Waals surface area contributed by atoms with E-state index in [2.05, 4.69) is 34.7 Å². The van der Waals surface area contributed by atoms with E-state index in [4.69, 9.17) is 12.2 Å². The Bertz CT molecular complexity index is 710. The van der Waals surface area contributed by atoms with Crippen molar-refractivity contribution in [3.8, 4) is 0 Å². The Morgan fingerprint density at radius 3 is 2.56 bits per heavy atom. The van der Waals surface area contributed by atoms with E-state index in [-0.39, 0.29) is 23.8 Å². The van der Waals surface area contributed by atoms with Crippen molar-refractivity contribution in [1.82, 2.24) is 20.9 Å². The van der Waals surface area contributed by atoms with Crippen molar-refractivity contribution in [2.24, 2.45) is 29.6 Å². The summed E-state index contributed by atoms with van der Waals surface area (Å²) in [5, 5.41) is 10.5. The third-order valence-electron chi connectivity index (χ3n) is 8.91. The molecule has 0 radical (unpaired) electrons. The van der Waals surface area contributed by atoms with Crippen LogP contribution in [0, 0.1) is 29.6 Å². The minimum atomic E-state index is 0.0806. The zero-order chi connectivity index (χ0) is 22.8. The van der Waals surface area contributed by atoms with Crippen LogP contribution >= 0.6 is 12.2 Å². The van der Waals surface area contributed by atoms with Gasteiger partial charge in [0.2, 0.25) is 11.8 Å². The maximum absolute atomic E-state index is 13.4. The largest absolute Gasteiger partial charge is 0.360 e. The molecule has 7 atom stereocenters. The lowest BCUT2D eigenvalue weighted by atomic mass is 9.65. The number of amides is 2. The van der Waals surface area contributed by atoms with Crippen molar-refractivity contribution < 1.29 is 9.59 Å². The van der Waals surface area contributed by atoms with Gasteiger partial charge in [0.1, 0.15) is 0 Å². The second-order valence-electron chi connectivity index (χ2n) is 11.1. The van der Waals surface area contributed by atoms with Gasteiger partial charge >= 0.3 is 0 Å². The van der Waals surface area contributed by atoms with Crippen LogP contribution < -0.4 is 16.0 Å². The van der Waals surface area contributed by atoms with Gasteiger partial charge in [-0.1, -0.05) is 26.2 Å². The molecular weight excluding hydrogens is 420 g/mol. The Morgan fingerprint density at radius 1 is 1.06 bits per heavy atom. The van der Waals surface area contributed by atoms with Crippen LogP contribution in [-0.4, -0.2) is 53.5 Å². The molecule has 180 valence electrons. The summed E-state index contributed by atoms with van der Waals surface area (Å²) in [7, 11) is 2.02. The van der Waals surface area contributed by atoms with Crippen LogP contribution in [0.4, 0.5) is 0 Å². The quantitative estimate of drug-likeness (QED) is 0.562. The van der Waals surface area contributed by atoms with E-state index in [1.807, 2.05) is 7.05 Å². The molecular formula is C25H42N4O2S. The average molecular weight is 463 g/mol. The molecule has 0 aromatic heterocycles. The Hall–Kier alpha value is -1.21. The molecule has 4 aliphatic rings. The smallest absolute Gasteiger partial charge is 0.229 e. The number of hydrogen-bond acceptors (Lipinski definition) is 4. The molecule has 2 heterocycles. The summed E-state index contributed by atoms with van der Waals surface area (Å²) >= 11 is 5.51. The summed E-state index contributed by atoms with van der Waals surface area (Å²) in [6.07, 6.45) is 10.6. The molecule has 6 nitrogen and oxygen atoms in total. The van der Waals surface area contributed by atoms with E-state index in [1.165, 1.54) is 6.42 Å². The summed E-state index contributed by atoms with van der Waals surface area (Å²) in [6, 6.07) is 1.09. The van der Waals surface area contributed by atoms with Crippen LogP contribution in [0.15, 0.2) is 0 Å². The van der Waals surface area contributed by atoms with Gasteiger partial charge in [-0.3, -0.25) is 9.59 Å². The highest BCUT2D eigenvalue weighted by molar-refractivity contribution is 7.80. The van der Waals surface area contributed by atoms with Crippen molar-refractivity contribution in [2.75, 3.05) is 13.6 Å². The normalized spacial score (nSPS) is 38.7. The van der Waals surface area contributed by atoms with Crippen molar-refractivity contribution in [1.29, 1.82) is 0 Å². The minimum absolute atomic E-state index is 0.0806. The van der Waals surface area contributed by atoms with E-state index in [9.17, 15) is 9.59 Å². The summed E-state index contributed by atoms with van der Waals surface area (Å²) in [4.78, 5) is 28.0. The van der Waals surface area contributed by atoms with Gasteiger partial charge in [-0.25, -0.2) is 0 Å². The number of nitrogens with one attached hydrogen (secondary N) is 3. The van der Waals surface area contributed by atoms with E-state index >= 15 is 0 Å². The first-order valence-electron chi connectivity index (χ1n) is 12.9. The number of fused-ring (bicyclic) bond motifs is 1. The SMILES string of the molecule is CC1CC2C(CN1)CC(C1CC(NC(=S)NC(=O)C3CCCCC3)CCC1C)C(=O)N2C. The molecule has 7 unspecified atom stereocenters. The highest BCUT2D eigenvalue weighted by Gasteiger charge is 2.47. The molecule has 0 aromatic rings. The molecule has 4 rings (SSSR count). The van der Waals surface area contributed by atoms with Gasteiger partial charge < -0.3 is 20.9 Å². The lowest BCUT2D eigenvalue weighted by Gasteiger charge is -2.50. The van der Waals surface area contributed by atoms with Gasteiger partial charge in [-0.05, 0) is 81.8 Å². The molecule has 32 heavy (non-hydrogen) atoms. The first kappa shape index (κ1) is 23.9. The zero-order valence-electron chi connectivity index (χ0n) is 20.1. The van der Waals surface area contributed by atoms with Gasteiger partial charge in [0.25, 0.3) is 0 Å². The Balaban J connectivity index is 1.34. The predicted molar refractivity (Wildman–Crippen MR) is 131 cm³/mol. The average Bonchev–Trinajstić information content (AvgIpc) is 2.78. The molecule has 4 fully saturated rings. The Morgan fingerprint density at radius 2 is 1.81 bits per heavy atom. The molecule has 0 spiro atoms. The fourth-order valence-corrected chi connectivity index (χ4v) is 7.17. The lowest BCUT2D eigenvalue weighted by molar-refractivity contribution is -0.148. The second-order valence-corrected chi connectivity index (χ2v) is 11.5. The third-order valence-corrected chi connectivity index (χ3v) is 9.13. The Labute approximate surface area is 199 Å². The predicted octanol–water partition coefficient (Wildman–Crippen LogP) is 3.21. The summed E-state index contributed by atoms with van der Waals surface area (Å²) in [6.45, 7) is 5.54. The maximum Gasteiger partial charge on any atom is 0.229 e. The van der Waals surface area contributed by atoms with Crippen LogP contribution in [0.2, 0.25) is 0 Å². The van der Waals surface area contributed by atoms with Crippen LogP contribution in [0.5, 0.6) is 0 Å². The van der Waals surface area contributed by atoms with Crippen LogP contribution in [-0.2, 0) is 9.59 Å². The summed E-state index contributed by atoms with van der Waals surface area (Å²) in [5.74, 6) is 2.08. The standard InChI is InChI=1S/C25H42N4O2S/c1-15-9-10-19(27-25(32)28-23(30)17-7-5-4-6-8-17)13-20(15)21-12-18-14-26-16(2)11-22(18)29(3)24(21)31/h15-22,26H,4-14H2,1-3H3,(H2,27,28,30,32). The zero-order valence-corrected chi connectivity index (χ0v) is 20.9. The van der Waals surface area contributed by atoms with Gasteiger partial charge in [-0.2, -0.15) is 0 Å². The number of piperidine rings is 2. The highest BCUT2D eigenvalue weighted by Crippen LogP contribution is 2.43. The number of hydrogen-bond donors (Lipinski definition) is 3. The molecule has 2 saturated carbocycles. The molecule has 0 bridgehead atoms. The molecule has 0 aromatic carbocycles. The maximum atomic E-state index is 13.4. The number of likely N-dealkylation sites (tertiary alicyclic amines) is 1. The molecule has 3 N–H and O–H groups in total. The second kappa shape index (κ2) is 10.4. The lowest BCUT2D eigenvalue weighted by Crippen LogP contribution is -2.60. The monoisotopic (exact) mass is 462 g/mol. The van der Waals surface area contributed by atoms with E-state index in [0.29, 0.717) is 40.9 Å². The van der Waals surface area contributed by atoms with E-state index in [0.717, 1.165) is 64.3 Å². The van der Waals surface area contributed by atoms with Gasteiger partial charge in [0.05, 0.1) is 0 Å². The fraction of sp³-hybridized carbons (Fsp3) is 0.880. The van der Waals surface area contributed by atoms with Crippen molar-refractivity contribution in [3.05, 3.63) is 0 Å². The fourth-order valence-electron chi connectivity index (χ4n) is 6.90. The molecule has 2 aliphatic carbocycles. The first-order valence-corrected chi connectivity index (χ1v) is 13.4. The van der Waals surface area contributed by atoms with E-state index in [1.54, 1.807) is 0 Å². The first-order chi connectivity index (χ1) is 15.3. The molecule has 2 amide bonds. The summed E-state index contributed by atoms with van der Waals surface area (Å²) < 4.78 is 0. The van der Waals surface area contributed by atoms with Crippen LogP contribution in [0.25, 0.3) is 0 Å².